The number of hydrogen-bond acceptors (Lipinski definition) is 3. The van der Waals surface area contributed by atoms with Crippen molar-refractivity contribution in [2.75, 3.05) is 13.2 Å². The summed E-state index contributed by atoms with van der Waals surface area (Å²) in [5.74, 6) is 0.855. The van der Waals surface area contributed by atoms with Crippen LogP contribution in [-0.4, -0.2) is 18.3 Å². The van der Waals surface area contributed by atoms with Crippen LogP contribution in [0, 0.1) is 0 Å². The molecule has 0 radical (unpaired) electrons. The van der Waals surface area contributed by atoms with Gasteiger partial charge in [0.15, 0.2) is 0 Å². The van der Waals surface area contributed by atoms with Crippen LogP contribution in [0.2, 0.25) is 0 Å². The normalized spacial score (nSPS) is 12.4. The predicted molar refractivity (Wildman–Crippen MR) is 86.7 cm³/mol. The van der Waals surface area contributed by atoms with E-state index >= 15 is 0 Å². The van der Waals surface area contributed by atoms with E-state index in [1.807, 2.05) is 25.1 Å². The zero-order valence-corrected chi connectivity index (χ0v) is 13.7. The molecule has 3 nitrogen and oxygen atoms in total. The molecule has 1 rings (SSSR count). The van der Waals surface area contributed by atoms with Crippen molar-refractivity contribution in [1.29, 1.82) is 0 Å². The molecule has 0 heterocycles. The van der Waals surface area contributed by atoms with Gasteiger partial charge in [0, 0.05) is 12.2 Å². The third-order valence-corrected chi connectivity index (χ3v) is 3.52. The van der Waals surface area contributed by atoms with E-state index in [0.29, 0.717) is 13.2 Å². The van der Waals surface area contributed by atoms with Gasteiger partial charge in [-0.3, -0.25) is 0 Å². The highest BCUT2D eigenvalue weighted by Gasteiger charge is 2.08. The van der Waals surface area contributed by atoms with E-state index in [-0.39, 0.29) is 0 Å². The second kappa shape index (κ2) is 10.6. The van der Waals surface area contributed by atoms with Gasteiger partial charge in [-0.25, -0.2) is 0 Å². The van der Waals surface area contributed by atoms with Gasteiger partial charge in [-0.15, -0.1) is 0 Å². The number of aliphatic hydroxyl groups is 1. The Morgan fingerprint density at radius 2 is 1.86 bits per heavy atom. The van der Waals surface area contributed by atoms with E-state index in [4.69, 9.17) is 9.47 Å². The third kappa shape index (κ3) is 6.96. The van der Waals surface area contributed by atoms with Crippen LogP contribution in [0.15, 0.2) is 18.2 Å². The lowest BCUT2D eigenvalue weighted by Gasteiger charge is -2.14. The lowest BCUT2D eigenvalue weighted by atomic mass is 10.1. The van der Waals surface area contributed by atoms with Crippen LogP contribution in [-0.2, 0) is 11.3 Å². The molecule has 0 aliphatic heterocycles. The number of hydrogen-bond donors (Lipinski definition) is 1. The summed E-state index contributed by atoms with van der Waals surface area (Å²) in [4.78, 5) is 0. The van der Waals surface area contributed by atoms with Crippen LogP contribution in [0.25, 0.3) is 0 Å². The first-order valence-corrected chi connectivity index (χ1v) is 8.20. The van der Waals surface area contributed by atoms with Crippen LogP contribution >= 0.6 is 0 Å². The maximum absolute atomic E-state index is 9.68. The predicted octanol–water partition coefficient (Wildman–Crippen LogP) is 4.63. The Labute approximate surface area is 129 Å². The van der Waals surface area contributed by atoms with Crippen molar-refractivity contribution < 1.29 is 14.6 Å². The molecule has 1 N–H and O–H groups in total. The largest absolute Gasteiger partial charge is 0.494 e. The van der Waals surface area contributed by atoms with E-state index in [2.05, 4.69) is 6.92 Å². The van der Waals surface area contributed by atoms with Crippen LogP contribution < -0.4 is 4.74 Å². The van der Waals surface area contributed by atoms with Crippen molar-refractivity contribution in [2.45, 2.75) is 65.6 Å². The standard InChI is InChI=1S/C18H30O3/c1-4-6-7-8-9-12-20-14-17-13-16(15(3)19)10-11-18(17)21-5-2/h10-11,13,15,19H,4-9,12,14H2,1-3H3. The fourth-order valence-electron chi connectivity index (χ4n) is 2.26. The molecule has 0 spiro atoms. The summed E-state index contributed by atoms with van der Waals surface area (Å²) in [6.45, 7) is 7.94. The monoisotopic (exact) mass is 294 g/mol. The number of unbranched alkanes of at least 4 members (excludes halogenated alkanes) is 4. The minimum absolute atomic E-state index is 0.464. The van der Waals surface area contributed by atoms with E-state index < -0.39 is 6.10 Å². The van der Waals surface area contributed by atoms with Crippen molar-refractivity contribution in [3.63, 3.8) is 0 Å². The van der Waals surface area contributed by atoms with Crippen LogP contribution in [0.3, 0.4) is 0 Å². The molecule has 0 saturated heterocycles. The second-order valence-corrected chi connectivity index (χ2v) is 5.44. The van der Waals surface area contributed by atoms with Crippen molar-refractivity contribution in [2.24, 2.45) is 0 Å². The van der Waals surface area contributed by atoms with Crippen LogP contribution in [0.1, 0.15) is 70.1 Å². The van der Waals surface area contributed by atoms with Crippen molar-refractivity contribution >= 4 is 0 Å². The quantitative estimate of drug-likeness (QED) is 0.605. The highest BCUT2D eigenvalue weighted by Crippen LogP contribution is 2.24. The molecule has 3 heteroatoms. The Morgan fingerprint density at radius 3 is 2.52 bits per heavy atom. The van der Waals surface area contributed by atoms with Gasteiger partial charge in [0.2, 0.25) is 0 Å². The van der Waals surface area contributed by atoms with Gasteiger partial charge < -0.3 is 14.6 Å². The van der Waals surface area contributed by atoms with Gasteiger partial charge in [0.05, 0.1) is 19.3 Å². The molecule has 1 unspecified atom stereocenters. The summed E-state index contributed by atoms with van der Waals surface area (Å²) in [5, 5.41) is 9.68. The molecule has 0 aliphatic rings. The van der Waals surface area contributed by atoms with E-state index in [0.717, 1.165) is 29.9 Å². The number of benzene rings is 1. The summed E-state index contributed by atoms with van der Waals surface area (Å²) in [7, 11) is 0. The molecule has 0 saturated carbocycles. The molecule has 0 aromatic heterocycles. The molecule has 1 aromatic rings. The van der Waals surface area contributed by atoms with Crippen molar-refractivity contribution in [3.8, 4) is 5.75 Å². The Morgan fingerprint density at radius 1 is 1.10 bits per heavy atom. The lowest BCUT2D eigenvalue weighted by Crippen LogP contribution is -2.02. The first-order chi connectivity index (χ1) is 10.2. The average Bonchev–Trinajstić information content (AvgIpc) is 2.47. The summed E-state index contributed by atoms with van der Waals surface area (Å²) in [6.07, 6.45) is 5.75. The number of rotatable bonds is 11. The van der Waals surface area contributed by atoms with E-state index in [9.17, 15) is 5.11 Å². The van der Waals surface area contributed by atoms with E-state index in [1.165, 1.54) is 25.7 Å². The lowest BCUT2D eigenvalue weighted by molar-refractivity contribution is 0.114. The van der Waals surface area contributed by atoms with Gasteiger partial charge in [0.25, 0.3) is 0 Å². The summed E-state index contributed by atoms with van der Waals surface area (Å²) in [5.41, 5.74) is 1.92. The third-order valence-electron chi connectivity index (χ3n) is 3.52. The minimum Gasteiger partial charge on any atom is -0.494 e. The number of ether oxygens (including phenoxy) is 2. The Hall–Kier alpha value is -1.06. The average molecular weight is 294 g/mol. The maximum atomic E-state index is 9.68. The van der Waals surface area contributed by atoms with Gasteiger partial charge in [-0.2, -0.15) is 0 Å². The molecule has 1 aromatic carbocycles. The first-order valence-electron chi connectivity index (χ1n) is 8.20. The zero-order chi connectivity index (χ0) is 15.5. The van der Waals surface area contributed by atoms with E-state index in [1.54, 1.807) is 6.92 Å². The zero-order valence-electron chi connectivity index (χ0n) is 13.7. The second-order valence-electron chi connectivity index (χ2n) is 5.44. The van der Waals surface area contributed by atoms with Gasteiger partial charge in [-0.05, 0) is 38.0 Å². The minimum atomic E-state index is -0.464. The molecule has 0 aliphatic carbocycles. The Kier molecular flexibility index (Phi) is 9.11. The summed E-state index contributed by atoms with van der Waals surface area (Å²) < 4.78 is 11.4. The van der Waals surface area contributed by atoms with Crippen LogP contribution in [0.5, 0.6) is 5.75 Å². The smallest absolute Gasteiger partial charge is 0.124 e. The first kappa shape index (κ1) is 18.0. The molecule has 0 fully saturated rings. The highest BCUT2D eigenvalue weighted by molar-refractivity contribution is 5.37. The fraction of sp³-hybridized carbons (Fsp3) is 0.667. The fourth-order valence-corrected chi connectivity index (χ4v) is 2.26. The highest BCUT2D eigenvalue weighted by atomic mass is 16.5. The molecule has 1 atom stereocenters. The Balaban J connectivity index is 2.45. The summed E-state index contributed by atoms with van der Waals surface area (Å²) >= 11 is 0. The molecule has 0 amide bonds. The molecular formula is C18H30O3. The molecule has 21 heavy (non-hydrogen) atoms. The molecule has 0 bridgehead atoms. The molecular weight excluding hydrogens is 264 g/mol. The van der Waals surface area contributed by atoms with Crippen molar-refractivity contribution in [3.05, 3.63) is 29.3 Å². The Bertz CT molecular complexity index is 388. The molecule has 120 valence electrons. The van der Waals surface area contributed by atoms with Crippen molar-refractivity contribution in [1.82, 2.24) is 0 Å². The summed E-state index contributed by atoms with van der Waals surface area (Å²) in [6, 6.07) is 5.81. The number of aliphatic hydroxyl groups excluding tert-OH is 1. The van der Waals surface area contributed by atoms with Gasteiger partial charge >= 0.3 is 0 Å². The van der Waals surface area contributed by atoms with Crippen LogP contribution in [0.4, 0.5) is 0 Å². The SMILES string of the molecule is CCCCCCCOCc1cc(C(C)O)ccc1OCC. The maximum Gasteiger partial charge on any atom is 0.124 e. The topological polar surface area (TPSA) is 38.7 Å². The van der Waals surface area contributed by atoms with Gasteiger partial charge in [-0.1, -0.05) is 38.7 Å². The van der Waals surface area contributed by atoms with Gasteiger partial charge in [0.1, 0.15) is 5.75 Å².